The lowest BCUT2D eigenvalue weighted by Gasteiger charge is -2.28. The lowest BCUT2D eigenvalue weighted by molar-refractivity contribution is -0.139. The topological polar surface area (TPSA) is 49.3 Å². The van der Waals surface area contributed by atoms with Gasteiger partial charge in [-0.05, 0) is 45.8 Å². The second kappa shape index (κ2) is 5.37. The minimum absolute atomic E-state index is 0.160. The third-order valence-electron chi connectivity index (χ3n) is 2.59. The minimum Gasteiger partial charge on any atom is -0.480 e. The second-order valence-electron chi connectivity index (χ2n) is 3.77. The molecular weight excluding hydrogens is 309 g/mol. The van der Waals surface area contributed by atoms with E-state index in [1.165, 1.54) is 6.07 Å². The van der Waals surface area contributed by atoms with Crippen molar-refractivity contribution in [2.75, 3.05) is 5.75 Å². The van der Waals surface area contributed by atoms with Crippen LogP contribution in [0, 0.1) is 5.82 Å². The zero-order valence-electron chi connectivity index (χ0n) is 8.82. The van der Waals surface area contributed by atoms with Gasteiger partial charge in [0.2, 0.25) is 0 Å². The van der Waals surface area contributed by atoms with Gasteiger partial charge in [-0.15, -0.1) is 11.8 Å². The predicted octanol–water partition coefficient (Wildman–Crippen LogP) is 2.77. The summed E-state index contributed by atoms with van der Waals surface area (Å²) >= 11 is 4.69. The van der Waals surface area contributed by atoms with Crippen LogP contribution in [0.4, 0.5) is 4.39 Å². The molecule has 92 valence electrons. The Hall–Kier alpha value is -0.590. The molecule has 0 spiro atoms. The summed E-state index contributed by atoms with van der Waals surface area (Å²) in [6.45, 7) is 0. The zero-order chi connectivity index (χ0) is 12.4. The lowest BCUT2D eigenvalue weighted by Crippen LogP contribution is -2.41. The Morgan fingerprint density at radius 3 is 3.00 bits per heavy atom. The van der Waals surface area contributed by atoms with Crippen LogP contribution in [0.25, 0.3) is 0 Å². The summed E-state index contributed by atoms with van der Waals surface area (Å²) in [5.74, 6) is -0.429. The molecule has 2 N–H and O–H groups in total. The smallest absolute Gasteiger partial charge is 0.320 e. The normalized spacial score (nSPS) is 24.6. The van der Waals surface area contributed by atoms with Gasteiger partial charge in [-0.25, -0.2) is 4.39 Å². The highest BCUT2D eigenvalue weighted by Gasteiger charge is 2.27. The molecule has 1 aromatic carbocycles. The summed E-state index contributed by atoms with van der Waals surface area (Å²) in [5.41, 5.74) is 0.765. The van der Waals surface area contributed by atoms with Crippen LogP contribution in [0.1, 0.15) is 17.4 Å². The first-order valence-electron chi connectivity index (χ1n) is 5.13. The van der Waals surface area contributed by atoms with Crippen LogP contribution in [0.15, 0.2) is 22.7 Å². The van der Waals surface area contributed by atoms with Crippen molar-refractivity contribution in [3.63, 3.8) is 0 Å². The number of hydrogen-bond donors (Lipinski definition) is 2. The molecule has 17 heavy (non-hydrogen) atoms. The highest BCUT2D eigenvalue weighted by atomic mass is 79.9. The summed E-state index contributed by atoms with van der Waals surface area (Å²) in [4.78, 5) is 10.9. The van der Waals surface area contributed by atoms with E-state index < -0.39 is 12.0 Å². The Morgan fingerprint density at radius 2 is 2.35 bits per heavy atom. The Kier molecular flexibility index (Phi) is 4.06. The van der Waals surface area contributed by atoms with E-state index in [4.69, 9.17) is 5.11 Å². The fourth-order valence-electron chi connectivity index (χ4n) is 1.68. The number of hydrogen-bond acceptors (Lipinski definition) is 3. The molecule has 0 aromatic heterocycles. The van der Waals surface area contributed by atoms with Gasteiger partial charge in [-0.3, -0.25) is 10.1 Å². The SMILES string of the molecule is O=C(O)C1CCSC(c2ccc(Br)c(F)c2)N1. The highest BCUT2D eigenvalue weighted by Crippen LogP contribution is 2.33. The number of benzene rings is 1. The molecule has 1 aromatic rings. The first kappa shape index (κ1) is 12.9. The van der Waals surface area contributed by atoms with Gasteiger partial charge >= 0.3 is 5.97 Å². The van der Waals surface area contributed by atoms with Crippen LogP contribution in [-0.2, 0) is 4.79 Å². The molecule has 1 heterocycles. The summed E-state index contributed by atoms with van der Waals surface area (Å²) in [5, 5.41) is 11.8. The lowest BCUT2D eigenvalue weighted by atomic mass is 10.1. The van der Waals surface area contributed by atoms with Crippen LogP contribution in [0.2, 0.25) is 0 Å². The van der Waals surface area contributed by atoms with Gasteiger partial charge in [0.1, 0.15) is 11.9 Å². The van der Waals surface area contributed by atoms with E-state index in [0.717, 1.165) is 11.3 Å². The molecular formula is C11H11BrFNO2S. The fraction of sp³-hybridized carbons (Fsp3) is 0.364. The van der Waals surface area contributed by atoms with Gasteiger partial charge in [0.05, 0.1) is 9.85 Å². The number of nitrogens with one attached hydrogen (secondary N) is 1. The van der Waals surface area contributed by atoms with Gasteiger partial charge in [-0.1, -0.05) is 6.07 Å². The molecule has 0 saturated carbocycles. The maximum atomic E-state index is 13.4. The number of rotatable bonds is 2. The quantitative estimate of drug-likeness (QED) is 0.880. The summed E-state index contributed by atoms with van der Waals surface area (Å²) in [6.07, 6.45) is 0.593. The molecule has 0 amide bonds. The molecule has 0 radical (unpaired) electrons. The summed E-state index contributed by atoms with van der Waals surface area (Å²) in [6, 6.07) is 4.31. The highest BCUT2D eigenvalue weighted by molar-refractivity contribution is 9.10. The van der Waals surface area contributed by atoms with Crippen molar-refractivity contribution in [1.82, 2.24) is 5.32 Å². The van der Waals surface area contributed by atoms with Crippen LogP contribution >= 0.6 is 27.7 Å². The van der Waals surface area contributed by atoms with Crippen molar-refractivity contribution < 1.29 is 14.3 Å². The summed E-state index contributed by atoms with van der Waals surface area (Å²) in [7, 11) is 0. The van der Waals surface area contributed by atoms with Crippen molar-refractivity contribution in [2.45, 2.75) is 17.8 Å². The third kappa shape index (κ3) is 3.00. The molecule has 3 nitrogen and oxygen atoms in total. The maximum absolute atomic E-state index is 13.4. The number of carboxylic acid groups (broad SMARTS) is 1. The molecule has 6 heteroatoms. The van der Waals surface area contributed by atoms with Gasteiger partial charge < -0.3 is 5.11 Å². The fourth-order valence-corrected chi connectivity index (χ4v) is 3.13. The summed E-state index contributed by atoms with van der Waals surface area (Å²) < 4.78 is 13.8. The van der Waals surface area contributed by atoms with E-state index in [1.807, 2.05) is 0 Å². The Labute approximate surface area is 111 Å². The Balaban J connectivity index is 2.16. The number of thioether (sulfide) groups is 1. The van der Waals surface area contributed by atoms with Gasteiger partial charge in [0, 0.05) is 0 Å². The van der Waals surface area contributed by atoms with Crippen LogP contribution in [0.3, 0.4) is 0 Å². The average Bonchev–Trinajstić information content (AvgIpc) is 2.33. The molecule has 0 aliphatic carbocycles. The maximum Gasteiger partial charge on any atom is 0.320 e. The van der Waals surface area contributed by atoms with E-state index in [-0.39, 0.29) is 11.2 Å². The van der Waals surface area contributed by atoms with Gasteiger partial charge in [-0.2, -0.15) is 0 Å². The van der Waals surface area contributed by atoms with E-state index in [9.17, 15) is 9.18 Å². The van der Waals surface area contributed by atoms with Crippen molar-refractivity contribution in [2.24, 2.45) is 0 Å². The third-order valence-corrected chi connectivity index (χ3v) is 4.44. The molecule has 0 bridgehead atoms. The Bertz CT molecular complexity index is 443. The first-order chi connectivity index (χ1) is 8.08. The average molecular weight is 320 g/mol. The molecule has 2 rings (SSSR count). The number of aliphatic carboxylic acids is 1. The van der Waals surface area contributed by atoms with Crippen molar-refractivity contribution in [3.8, 4) is 0 Å². The van der Waals surface area contributed by atoms with E-state index in [2.05, 4.69) is 21.2 Å². The number of halogens is 2. The van der Waals surface area contributed by atoms with E-state index in [1.54, 1.807) is 23.9 Å². The molecule has 1 saturated heterocycles. The van der Waals surface area contributed by atoms with Crippen LogP contribution in [-0.4, -0.2) is 22.9 Å². The molecule has 2 unspecified atom stereocenters. The van der Waals surface area contributed by atoms with Crippen LogP contribution < -0.4 is 5.32 Å². The number of carboxylic acids is 1. The predicted molar refractivity (Wildman–Crippen MR) is 68.5 cm³/mol. The standard InChI is InChI=1S/C11H11BrFNO2S/c12-7-2-1-6(5-8(7)13)10-14-9(11(15)16)3-4-17-10/h1-2,5,9-10,14H,3-4H2,(H,15,16). The van der Waals surface area contributed by atoms with Crippen LogP contribution in [0.5, 0.6) is 0 Å². The minimum atomic E-state index is -0.854. The van der Waals surface area contributed by atoms with Crippen molar-refractivity contribution in [1.29, 1.82) is 0 Å². The molecule has 1 aliphatic heterocycles. The van der Waals surface area contributed by atoms with Crippen molar-refractivity contribution >= 4 is 33.7 Å². The molecule has 1 aliphatic rings. The zero-order valence-corrected chi connectivity index (χ0v) is 11.2. The largest absolute Gasteiger partial charge is 0.480 e. The monoisotopic (exact) mass is 319 g/mol. The van der Waals surface area contributed by atoms with Gasteiger partial charge in [0.25, 0.3) is 0 Å². The first-order valence-corrected chi connectivity index (χ1v) is 6.97. The van der Waals surface area contributed by atoms with E-state index in [0.29, 0.717) is 10.9 Å². The van der Waals surface area contributed by atoms with E-state index >= 15 is 0 Å². The number of carbonyl (C=O) groups is 1. The molecule has 2 atom stereocenters. The van der Waals surface area contributed by atoms with Gasteiger partial charge in [0.15, 0.2) is 0 Å². The molecule has 1 fully saturated rings. The Morgan fingerprint density at radius 1 is 1.59 bits per heavy atom. The van der Waals surface area contributed by atoms with Crippen molar-refractivity contribution in [3.05, 3.63) is 34.1 Å². The second-order valence-corrected chi connectivity index (χ2v) is 5.84.